The molecule has 1 saturated carbocycles. The summed E-state index contributed by atoms with van der Waals surface area (Å²) in [6.45, 7) is 6.37. The zero-order valence-electron chi connectivity index (χ0n) is 22.5. The molecule has 1 aromatic carbocycles. The van der Waals surface area contributed by atoms with Crippen molar-refractivity contribution < 1.29 is 35.8 Å². The molecule has 0 heterocycles. The highest BCUT2D eigenvalue weighted by atomic mass is 19.3. The molecule has 0 bridgehead atoms. The second-order valence-corrected chi connectivity index (χ2v) is 9.70. The van der Waals surface area contributed by atoms with Gasteiger partial charge in [0, 0.05) is 31.6 Å². The number of allylic oxidation sites excluding steroid dienone is 7. The van der Waals surface area contributed by atoms with Gasteiger partial charge in [0.1, 0.15) is 11.6 Å². The van der Waals surface area contributed by atoms with Crippen LogP contribution in [0, 0.1) is 35.2 Å². The highest BCUT2D eigenvalue weighted by Gasteiger charge is 2.44. The van der Waals surface area contributed by atoms with Crippen molar-refractivity contribution >= 4 is 0 Å². The van der Waals surface area contributed by atoms with Crippen molar-refractivity contribution in [2.24, 2.45) is 17.8 Å². The lowest BCUT2D eigenvalue weighted by atomic mass is 9.79. The van der Waals surface area contributed by atoms with E-state index in [1.807, 2.05) is 26.0 Å². The van der Waals surface area contributed by atoms with E-state index in [1.54, 1.807) is 7.11 Å². The number of halogens is 6. The zero-order chi connectivity index (χ0) is 28.3. The first-order chi connectivity index (χ1) is 18.0. The molecule has 212 valence electrons. The van der Waals surface area contributed by atoms with E-state index < -0.39 is 35.2 Å². The van der Waals surface area contributed by atoms with Crippen molar-refractivity contribution in [1.82, 2.24) is 0 Å². The number of benzene rings is 1. The molecular weight excluding hydrogens is 506 g/mol. The van der Waals surface area contributed by atoms with Gasteiger partial charge in [-0.3, -0.25) is 0 Å². The molecule has 1 aliphatic rings. The highest BCUT2D eigenvalue weighted by Crippen LogP contribution is 2.42. The van der Waals surface area contributed by atoms with Crippen LogP contribution in [0.3, 0.4) is 0 Å². The van der Waals surface area contributed by atoms with E-state index in [2.05, 4.69) is 23.8 Å². The Morgan fingerprint density at radius 1 is 1.05 bits per heavy atom. The van der Waals surface area contributed by atoms with Crippen LogP contribution in [-0.4, -0.2) is 19.8 Å². The van der Waals surface area contributed by atoms with Crippen molar-refractivity contribution in [1.29, 1.82) is 0 Å². The number of methoxy groups -OCH3 is 1. The van der Waals surface area contributed by atoms with Crippen molar-refractivity contribution in [2.75, 3.05) is 13.7 Å². The van der Waals surface area contributed by atoms with Crippen molar-refractivity contribution in [3.8, 4) is 5.75 Å². The molecule has 38 heavy (non-hydrogen) atoms. The predicted molar refractivity (Wildman–Crippen MR) is 138 cm³/mol. The molecule has 2 nitrogen and oxygen atoms in total. The first-order valence-electron chi connectivity index (χ1n) is 13.1. The summed E-state index contributed by atoms with van der Waals surface area (Å²) in [5.41, 5.74) is 1.95. The molecule has 0 radical (unpaired) electrons. The van der Waals surface area contributed by atoms with E-state index in [-0.39, 0.29) is 36.9 Å². The molecular formula is C30H38F6O2. The van der Waals surface area contributed by atoms with Gasteiger partial charge in [-0.1, -0.05) is 31.2 Å². The van der Waals surface area contributed by atoms with Crippen LogP contribution >= 0.6 is 0 Å². The smallest absolute Gasteiger partial charge is 0.400 e. The van der Waals surface area contributed by atoms with Gasteiger partial charge in [0.25, 0.3) is 0 Å². The van der Waals surface area contributed by atoms with Gasteiger partial charge >= 0.3 is 6.11 Å². The SMILES string of the molecule is C/C=C(\C=C(\F)CC1CCC(C(F)(F)Oc2cc(F)c(F)c(F)c2)CC1)CC(COC)C(/C=C\CC)=C/C. The molecule has 0 amide bonds. The Labute approximate surface area is 222 Å². The fraction of sp³-hybridized carbons (Fsp3) is 0.533. The molecule has 2 rings (SSSR count). The van der Waals surface area contributed by atoms with Crippen LogP contribution in [0.2, 0.25) is 0 Å². The molecule has 0 N–H and O–H groups in total. The lowest BCUT2D eigenvalue weighted by molar-refractivity contribution is -0.223. The number of rotatable bonds is 13. The number of ether oxygens (including phenoxy) is 2. The molecule has 1 atom stereocenters. The first kappa shape index (κ1) is 31.7. The summed E-state index contributed by atoms with van der Waals surface area (Å²) in [6.07, 6.45) is 8.39. The standard InChI is InChI=1S/C30H38F6O2/c1-5-8-9-22(7-3)23(19-37-4)14-20(6-2)15-25(31)16-21-10-12-24(13-11-21)30(35,36)38-26-17-27(32)29(34)28(33)18-26/h6-9,15,17-18,21,23-24H,5,10-14,16,19H2,1-4H3/b9-8-,20-6-,22-7+,25-15+. The lowest BCUT2D eigenvalue weighted by Gasteiger charge is -2.33. The topological polar surface area (TPSA) is 18.5 Å². The quantitative estimate of drug-likeness (QED) is 0.140. The average molecular weight is 545 g/mol. The monoisotopic (exact) mass is 544 g/mol. The Bertz CT molecular complexity index is 997. The Hall–Kier alpha value is -2.48. The molecule has 1 aliphatic carbocycles. The van der Waals surface area contributed by atoms with Gasteiger partial charge in [-0.25, -0.2) is 17.6 Å². The highest BCUT2D eigenvalue weighted by molar-refractivity contribution is 5.28. The molecule has 0 spiro atoms. The van der Waals surface area contributed by atoms with Crippen LogP contribution in [0.1, 0.15) is 65.7 Å². The van der Waals surface area contributed by atoms with E-state index in [9.17, 15) is 26.3 Å². The third kappa shape index (κ3) is 9.37. The van der Waals surface area contributed by atoms with Gasteiger partial charge in [0.05, 0.1) is 12.5 Å². The summed E-state index contributed by atoms with van der Waals surface area (Å²) in [4.78, 5) is 0. The minimum absolute atomic E-state index is 0.0674. The first-order valence-corrected chi connectivity index (χ1v) is 13.1. The van der Waals surface area contributed by atoms with Crippen LogP contribution in [0.25, 0.3) is 0 Å². The van der Waals surface area contributed by atoms with E-state index in [4.69, 9.17) is 4.74 Å². The fourth-order valence-corrected chi connectivity index (χ4v) is 4.81. The maximum Gasteiger partial charge on any atom is 0.400 e. The van der Waals surface area contributed by atoms with Gasteiger partial charge in [0.2, 0.25) is 0 Å². The van der Waals surface area contributed by atoms with Gasteiger partial charge in [-0.05, 0) is 75.5 Å². The Kier molecular flexibility index (Phi) is 12.7. The van der Waals surface area contributed by atoms with E-state index >= 15 is 0 Å². The summed E-state index contributed by atoms with van der Waals surface area (Å²) in [5.74, 6) is -7.26. The van der Waals surface area contributed by atoms with Crippen LogP contribution in [0.5, 0.6) is 5.75 Å². The van der Waals surface area contributed by atoms with Gasteiger partial charge in [-0.2, -0.15) is 8.78 Å². The summed E-state index contributed by atoms with van der Waals surface area (Å²) in [7, 11) is 1.64. The Morgan fingerprint density at radius 2 is 1.68 bits per heavy atom. The number of hydrogen-bond donors (Lipinski definition) is 0. The van der Waals surface area contributed by atoms with Crippen LogP contribution in [-0.2, 0) is 4.74 Å². The number of hydrogen-bond acceptors (Lipinski definition) is 2. The van der Waals surface area contributed by atoms with E-state index in [0.717, 1.165) is 17.6 Å². The Morgan fingerprint density at radius 3 is 2.21 bits per heavy atom. The van der Waals surface area contributed by atoms with Crippen molar-refractivity contribution in [2.45, 2.75) is 71.8 Å². The minimum Gasteiger partial charge on any atom is -0.432 e. The van der Waals surface area contributed by atoms with Crippen molar-refractivity contribution in [3.05, 3.63) is 76.9 Å². The average Bonchev–Trinajstić information content (AvgIpc) is 2.87. The summed E-state index contributed by atoms with van der Waals surface area (Å²) < 4.78 is 94.0. The van der Waals surface area contributed by atoms with Crippen LogP contribution in [0.4, 0.5) is 26.3 Å². The van der Waals surface area contributed by atoms with E-state index in [1.165, 1.54) is 6.08 Å². The lowest BCUT2D eigenvalue weighted by Crippen LogP contribution is -2.37. The molecule has 0 saturated heterocycles. The third-order valence-electron chi connectivity index (χ3n) is 6.93. The fourth-order valence-electron chi connectivity index (χ4n) is 4.81. The maximum atomic E-state index is 15.0. The molecule has 1 fully saturated rings. The van der Waals surface area contributed by atoms with Gasteiger partial charge < -0.3 is 9.47 Å². The summed E-state index contributed by atoms with van der Waals surface area (Å²) >= 11 is 0. The van der Waals surface area contributed by atoms with Gasteiger partial charge in [0.15, 0.2) is 17.5 Å². The number of alkyl halides is 2. The molecule has 0 aromatic heterocycles. The predicted octanol–water partition coefficient (Wildman–Crippen LogP) is 9.64. The van der Waals surface area contributed by atoms with Crippen LogP contribution < -0.4 is 4.74 Å². The summed E-state index contributed by atoms with van der Waals surface area (Å²) in [6, 6.07) is 0.793. The van der Waals surface area contributed by atoms with Gasteiger partial charge in [-0.15, -0.1) is 0 Å². The molecule has 1 aromatic rings. The molecule has 1 unspecified atom stereocenters. The second-order valence-electron chi connectivity index (χ2n) is 9.70. The largest absolute Gasteiger partial charge is 0.432 e. The Balaban J connectivity index is 1.96. The molecule has 0 aliphatic heterocycles. The normalized spacial score (nSPS) is 20.7. The minimum atomic E-state index is -3.69. The third-order valence-corrected chi connectivity index (χ3v) is 6.93. The maximum absolute atomic E-state index is 15.0. The zero-order valence-corrected chi connectivity index (χ0v) is 22.5. The van der Waals surface area contributed by atoms with Crippen LogP contribution in [0.15, 0.2) is 59.5 Å². The van der Waals surface area contributed by atoms with E-state index in [0.29, 0.717) is 38.0 Å². The summed E-state index contributed by atoms with van der Waals surface area (Å²) in [5, 5.41) is 0. The van der Waals surface area contributed by atoms with Crippen molar-refractivity contribution in [3.63, 3.8) is 0 Å². The molecule has 8 heteroatoms. The second kappa shape index (κ2) is 15.2.